The summed E-state index contributed by atoms with van der Waals surface area (Å²) in [7, 11) is 0. The molecule has 0 bridgehead atoms. The first-order chi connectivity index (χ1) is 14.7. The van der Waals surface area contributed by atoms with Gasteiger partial charge in [0.05, 0.1) is 30.0 Å². The van der Waals surface area contributed by atoms with Gasteiger partial charge in [0.1, 0.15) is 5.82 Å². The first-order valence-electron chi connectivity index (χ1n) is 9.61. The molecule has 31 heavy (non-hydrogen) atoms. The smallest absolute Gasteiger partial charge is 0.379 e. The average Bonchev–Trinajstić information content (AvgIpc) is 2.75. The zero-order valence-corrected chi connectivity index (χ0v) is 16.5. The van der Waals surface area contributed by atoms with Crippen LogP contribution < -0.4 is 10.6 Å². The fraction of sp³-hybridized carbons (Fsp3) is 0.333. The summed E-state index contributed by atoms with van der Waals surface area (Å²) in [5, 5.41) is 4.75. The van der Waals surface area contributed by atoms with E-state index in [9.17, 15) is 27.2 Å². The van der Waals surface area contributed by atoms with Crippen LogP contribution in [0.4, 0.5) is 28.9 Å². The number of carbonyl (C=O) groups is 2. The number of hydrogen-bond donors (Lipinski definition) is 2. The highest BCUT2D eigenvalue weighted by Gasteiger charge is 2.34. The molecule has 0 aliphatic carbocycles. The quantitative estimate of drug-likeness (QED) is 0.673. The summed E-state index contributed by atoms with van der Waals surface area (Å²) in [6.45, 7) is 3.09. The molecule has 2 aromatic carbocycles. The number of alkyl halides is 3. The summed E-state index contributed by atoms with van der Waals surface area (Å²) in [6, 6.07) is 7.73. The Hall–Kier alpha value is -2.98. The monoisotopic (exact) mass is 439 g/mol. The van der Waals surface area contributed by atoms with Crippen molar-refractivity contribution in [3.05, 3.63) is 59.4 Å². The second-order valence-electron chi connectivity index (χ2n) is 6.94. The molecule has 2 aromatic rings. The molecule has 0 aromatic heterocycles. The predicted molar refractivity (Wildman–Crippen MR) is 106 cm³/mol. The Labute approximate surface area is 176 Å². The van der Waals surface area contributed by atoms with E-state index in [0.29, 0.717) is 32.8 Å². The maximum Gasteiger partial charge on any atom is 0.417 e. The number of ether oxygens (including phenoxy) is 1. The van der Waals surface area contributed by atoms with Crippen LogP contribution in [-0.4, -0.2) is 49.6 Å². The summed E-state index contributed by atoms with van der Waals surface area (Å²) >= 11 is 0. The number of amides is 2. The number of halogens is 4. The van der Waals surface area contributed by atoms with Crippen LogP contribution in [0, 0.1) is 5.82 Å². The van der Waals surface area contributed by atoms with Crippen molar-refractivity contribution in [1.29, 1.82) is 0 Å². The van der Waals surface area contributed by atoms with Crippen LogP contribution in [0.15, 0.2) is 42.5 Å². The molecule has 0 atom stereocenters. The number of morpholine rings is 1. The van der Waals surface area contributed by atoms with Crippen molar-refractivity contribution in [3.8, 4) is 0 Å². The van der Waals surface area contributed by atoms with Gasteiger partial charge in [0.25, 0.3) is 5.91 Å². The van der Waals surface area contributed by atoms with Crippen LogP contribution >= 0.6 is 0 Å². The minimum Gasteiger partial charge on any atom is -0.379 e. The summed E-state index contributed by atoms with van der Waals surface area (Å²) < 4.78 is 58.7. The second-order valence-corrected chi connectivity index (χ2v) is 6.94. The van der Waals surface area contributed by atoms with E-state index in [1.807, 2.05) is 4.90 Å². The summed E-state index contributed by atoms with van der Waals surface area (Å²) in [5.74, 6) is -2.14. The minimum atomic E-state index is -4.70. The highest BCUT2D eigenvalue weighted by Crippen LogP contribution is 2.32. The average molecular weight is 439 g/mol. The minimum absolute atomic E-state index is 0.0480. The van der Waals surface area contributed by atoms with Crippen LogP contribution in [0.1, 0.15) is 22.3 Å². The normalized spacial score (nSPS) is 14.8. The van der Waals surface area contributed by atoms with E-state index in [1.54, 1.807) is 0 Å². The van der Waals surface area contributed by atoms with E-state index >= 15 is 0 Å². The van der Waals surface area contributed by atoms with Crippen LogP contribution in [0.25, 0.3) is 0 Å². The topological polar surface area (TPSA) is 70.7 Å². The molecule has 1 heterocycles. The van der Waals surface area contributed by atoms with Crippen molar-refractivity contribution >= 4 is 23.2 Å². The Morgan fingerprint density at radius 3 is 2.45 bits per heavy atom. The van der Waals surface area contributed by atoms with E-state index < -0.39 is 34.9 Å². The third kappa shape index (κ3) is 6.25. The molecule has 0 unspecified atom stereocenters. The van der Waals surface area contributed by atoms with Gasteiger partial charge in [-0.3, -0.25) is 14.5 Å². The van der Waals surface area contributed by atoms with Crippen molar-refractivity contribution < 1.29 is 31.9 Å². The zero-order valence-electron chi connectivity index (χ0n) is 16.5. The summed E-state index contributed by atoms with van der Waals surface area (Å²) in [6.07, 6.45) is -4.56. The van der Waals surface area contributed by atoms with Gasteiger partial charge in [0.15, 0.2) is 0 Å². The highest BCUT2D eigenvalue weighted by molar-refractivity contribution is 6.05. The zero-order chi connectivity index (χ0) is 22.4. The Bertz CT molecular complexity index is 944. The van der Waals surface area contributed by atoms with Gasteiger partial charge < -0.3 is 15.4 Å². The first kappa shape index (κ1) is 22.7. The lowest BCUT2D eigenvalue weighted by molar-refractivity contribution is -0.137. The van der Waals surface area contributed by atoms with Crippen LogP contribution in [0.2, 0.25) is 0 Å². The molecule has 2 N–H and O–H groups in total. The molecule has 1 fully saturated rings. The molecule has 1 saturated heterocycles. The maximum atomic E-state index is 14.1. The third-order valence-electron chi connectivity index (χ3n) is 4.73. The van der Waals surface area contributed by atoms with Gasteiger partial charge in [-0.1, -0.05) is 12.1 Å². The number of anilines is 2. The standard InChI is InChI=1S/C21H21F4N3O3/c22-17-6-5-14(26-20(30)15-3-1-2-4-16(15)21(23,24)25)13-18(17)27-19(29)7-8-28-9-11-31-12-10-28/h1-6,13H,7-12H2,(H,26,30)(H,27,29). The molecule has 0 radical (unpaired) electrons. The first-order valence-corrected chi connectivity index (χ1v) is 9.61. The fourth-order valence-corrected chi connectivity index (χ4v) is 3.12. The maximum absolute atomic E-state index is 14.1. The molecular formula is C21H21F4N3O3. The van der Waals surface area contributed by atoms with E-state index in [1.165, 1.54) is 18.2 Å². The van der Waals surface area contributed by atoms with Gasteiger partial charge in [-0.25, -0.2) is 4.39 Å². The van der Waals surface area contributed by atoms with Crippen LogP contribution in [0.3, 0.4) is 0 Å². The number of carbonyl (C=O) groups excluding carboxylic acids is 2. The van der Waals surface area contributed by atoms with Gasteiger partial charge in [-0.05, 0) is 30.3 Å². The number of nitrogens with zero attached hydrogens (tertiary/aromatic N) is 1. The highest BCUT2D eigenvalue weighted by atomic mass is 19.4. The van der Waals surface area contributed by atoms with Crippen molar-refractivity contribution in [1.82, 2.24) is 4.90 Å². The Kier molecular flexibility index (Phi) is 7.24. The summed E-state index contributed by atoms with van der Waals surface area (Å²) in [5.41, 5.74) is -1.76. The Morgan fingerprint density at radius 1 is 1.03 bits per heavy atom. The molecule has 1 aliphatic rings. The van der Waals surface area contributed by atoms with Crippen LogP contribution in [-0.2, 0) is 15.7 Å². The summed E-state index contributed by atoms with van der Waals surface area (Å²) in [4.78, 5) is 26.6. The van der Waals surface area contributed by atoms with E-state index in [-0.39, 0.29) is 17.8 Å². The number of rotatable bonds is 6. The van der Waals surface area contributed by atoms with Crippen LogP contribution in [0.5, 0.6) is 0 Å². The lowest BCUT2D eigenvalue weighted by atomic mass is 10.1. The number of hydrogen-bond acceptors (Lipinski definition) is 4. The van der Waals surface area contributed by atoms with Gasteiger partial charge >= 0.3 is 6.18 Å². The predicted octanol–water partition coefficient (Wildman–Crippen LogP) is 3.76. The van der Waals surface area contributed by atoms with Crippen molar-refractivity contribution in [3.63, 3.8) is 0 Å². The second kappa shape index (κ2) is 9.88. The van der Waals surface area contributed by atoms with E-state index in [0.717, 1.165) is 24.3 Å². The Morgan fingerprint density at radius 2 is 1.74 bits per heavy atom. The Balaban J connectivity index is 1.65. The van der Waals surface area contributed by atoms with Gasteiger partial charge in [-0.15, -0.1) is 0 Å². The van der Waals surface area contributed by atoms with E-state index in [4.69, 9.17) is 4.74 Å². The molecule has 3 rings (SSSR count). The molecule has 0 saturated carbocycles. The third-order valence-corrected chi connectivity index (χ3v) is 4.73. The molecule has 166 valence electrons. The van der Waals surface area contributed by atoms with Crippen molar-refractivity contribution in [2.45, 2.75) is 12.6 Å². The number of benzene rings is 2. The largest absolute Gasteiger partial charge is 0.417 e. The molecule has 10 heteroatoms. The van der Waals surface area contributed by atoms with Crippen molar-refractivity contribution in [2.24, 2.45) is 0 Å². The molecule has 0 spiro atoms. The van der Waals surface area contributed by atoms with Gasteiger partial charge in [-0.2, -0.15) is 13.2 Å². The molecular weight excluding hydrogens is 418 g/mol. The van der Waals surface area contributed by atoms with E-state index in [2.05, 4.69) is 10.6 Å². The fourth-order valence-electron chi connectivity index (χ4n) is 3.12. The SMILES string of the molecule is O=C(CCN1CCOCC1)Nc1cc(NC(=O)c2ccccc2C(F)(F)F)ccc1F. The molecule has 2 amide bonds. The lowest BCUT2D eigenvalue weighted by Crippen LogP contribution is -2.38. The van der Waals surface area contributed by atoms with Gasteiger partial charge in [0.2, 0.25) is 5.91 Å². The van der Waals surface area contributed by atoms with Crippen molar-refractivity contribution in [2.75, 3.05) is 43.5 Å². The number of nitrogens with one attached hydrogen (secondary N) is 2. The molecule has 1 aliphatic heterocycles. The lowest BCUT2D eigenvalue weighted by Gasteiger charge is -2.26. The molecule has 6 nitrogen and oxygen atoms in total. The van der Waals surface area contributed by atoms with Gasteiger partial charge in [0, 0.05) is 31.7 Å².